The molecule has 0 unspecified atom stereocenters. The number of nitrogens with zero attached hydrogens (tertiary/aromatic N) is 2. The molecule has 0 saturated carbocycles. The van der Waals surface area contributed by atoms with Crippen LogP contribution < -0.4 is 0 Å². The summed E-state index contributed by atoms with van der Waals surface area (Å²) < 4.78 is 0. The fraction of sp³-hybridized carbons (Fsp3) is 0. The summed E-state index contributed by atoms with van der Waals surface area (Å²) in [7, 11) is 0. The van der Waals surface area contributed by atoms with Crippen LogP contribution in [0.4, 0.5) is 0 Å². The zero-order valence-electron chi connectivity index (χ0n) is 28.4. The second-order valence-electron chi connectivity index (χ2n) is 13.3. The van der Waals surface area contributed by atoms with Crippen molar-refractivity contribution in [3.05, 3.63) is 194 Å². The number of hydrogen-bond donors (Lipinski definition) is 0. The normalized spacial score (nSPS) is 11.5. The van der Waals surface area contributed by atoms with Gasteiger partial charge in [-0.15, -0.1) is 0 Å². The topological polar surface area (TPSA) is 25.8 Å². The van der Waals surface area contributed by atoms with Crippen LogP contribution in [0.3, 0.4) is 0 Å². The third kappa shape index (κ3) is 5.12. The molecule has 0 bridgehead atoms. The Hall–Kier alpha value is -6.90. The lowest BCUT2D eigenvalue weighted by atomic mass is 9.89. The fourth-order valence-corrected chi connectivity index (χ4v) is 7.79. The molecule has 1 heterocycles. The Bertz CT molecular complexity index is 2940. The molecular formula is C50H32N2. The van der Waals surface area contributed by atoms with Crippen molar-refractivity contribution in [2.45, 2.75) is 0 Å². The Morgan fingerprint density at radius 3 is 1.65 bits per heavy atom. The van der Waals surface area contributed by atoms with Crippen molar-refractivity contribution in [3.8, 4) is 56.2 Å². The maximum Gasteiger partial charge on any atom is 0.160 e. The third-order valence-corrected chi connectivity index (χ3v) is 10.3. The largest absolute Gasteiger partial charge is 0.228 e. The predicted molar refractivity (Wildman–Crippen MR) is 219 cm³/mol. The lowest BCUT2D eigenvalue weighted by molar-refractivity contribution is 1.18. The summed E-state index contributed by atoms with van der Waals surface area (Å²) >= 11 is 0. The molecule has 0 aliphatic rings. The number of rotatable bonds is 5. The average Bonchev–Trinajstić information content (AvgIpc) is 3.23. The van der Waals surface area contributed by atoms with Crippen LogP contribution >= 0.6 is 0 Å². The van der Waals surface area contributed by atoms with E-state index in [1.54, 1.807) is 0 Å². The van der Waals surface area contributed by atoms with Crippen molar-refractivity contribution in [2.75, 3.05) is 0 Å². The van der Waals surface area contributed by atoms with Gasteiger partial charge in [-0.05, 0) is 77.5 Å². The summed E-state index contributed by atoms with van der Waals surface area (Å²) in [6.45, 7) is 0. The molecule has 0 amide bonds. The first-order valence-corrected chi connectivity index (χ1v) is 17.7. The van der Waals surface area contributed by atoms with E-state index >= 15 is 0 Å². The first-order chi connectivity index (χ1) is 25.8. The molecule has 2 heteroatoms. The highest BCUT2D eigenvalue weighted by Crippen LogP contribution is 2.41. The quantitative estimate of drug-likeness (QED) is 0.136. The van der Waals surface area contributed by atoms with Crippen LogP contribution in [0.5, 0.6) is 0 Å². The predicted octanol–water partition coefficient (Wildman–Crippen LogP) is 13.4. The van der Waals surface area contributed by atoms with Gasteiger partial charge in [-0.3, -0.25) is 0 Å². The molecule has 0 aliphatic heterocycles. The highest BCUT2D eigenvalue weighted by atomic mass is 14.9. The Kier molecular flexibility index (Phi) is 7.18. The van der Waals surface area contributed by atoms with Gasteiger partial charge in [-0.2, -0.15) is 0 Å². The molecule has 0 spiro atoms. The molecular weight excluding hydrogens is 629 g/mol. The minimum Gasteiger partial charge on any atom is -0.228 e. The van der Waals surface area contributed by atoms with Crippen LogP contribution in [-0.4, -0.2) is 9.97 Å². The molecule has 0 fully saturated rings. The lowest BCUT2D eigenvalue weighted by Crippen LogP contribution is -1.97. The van der Waals surface area contributed by atoms with E-state index in [9.17, 15) is 0 Å². The van der Waals surface area contributed by atoms with Crippen molar-refractivity contribution in [1.29, 1.82) is 0 Å². The van der Waals surface area contributed by atoms with E-state index in [0.29, 0.717) is 5.82 Å². The van der Waals surface area contributed by atoms with Gasteiger partial charge in [-0.1, -0.05) is 182 Å². The summed E-state index contributed by atoms with van der Waals surface area (Å²) in [4.78, 5) is 10.5. The van der Waals surface area contributed by atoms with E-state index in [2.05, 4.69) is 188 Å². The van der Waals surface area contributed by atoms with Crippen LogP contribution in [0.2, 0.25) is 0 Å². The molecule has 0 saturated heterocycles. The van der Waals surface area contributed by atoms with Gasteiger partial charge in [-0.25, -0.2) is 9.97 Å². The van der Waals surface area contributed by atoms with Crippen molar-refractivity contribution in [1.82, 2.24) is 9.97 Å². The van der Waals surface area contributed by atoms with E-state index in [1.165, 1.54) is 59.8 Å². The highest BCUT2D eigenvalue weighted by molar-refractivity contribution is 6.20. The maximum atomic E-state index is 5.29. The summed E-state index contributed by atoms with van der Waals surface area (Å²) in [5.74, 6) is 0.699. The Morgan fingerprint density at radius 2 is 0.846 bits per heavy atom. The molecule has 9 aromatic carbocycles. The Morgan fingerprint density at radius 1 is 0.269 bits per heavy atom. The summed E-state index contributed by atoms with van der Waals surface area (Å²) in [5, 5.41) is 9.96. The molecule has 0 aliphatic carbocycles. The number of benzene rings is 9. The SMILES string of the molecule is c1ccc(-c2cc(-c3ccccc3-c3cccc4ccccc34)nc(-c3ccc(-c4c5ccccc5cc5c4ccc4ccccc45)cc3)n2)cc1. The maximum absolute atomic E-state index is 5.29. The third-order valence-electron chi connectivity index (χ3n) is 10.3. The van der Waals surface area contributed by atoms with Crippen molar-refractivity contribution in [2.24, 2.45) is 0 Å². The standard InChI is InChI=1S/C50H32N2/c1-2-15-35(16-3-1)47-32-48(44-23-11-10-22-43(44)42-24-12-18-33-13-4-7-19-39(33)42)52-50(51-47)37-27-25-36(26-28-37)49-41-21-9-6-17-38(41)31-46-40-20-8-5-14-34(40)29-30-45(46)49/h1-32H. The van der Waals surface area contributed by atoms with Crippen LogP contribution in [-0.2, 0) is 0 Å². The Labute approximate surface area is 302 Å². The van der Waals surface area contributed by atoms with Gasteiger partial charge in [0, 0.05) is 16.7 Å². The Balaban J connectivity index is 1.14. The van der Waals surface area contributed by atoms with E-state index < -0.39 is 0 Å². The number of aromatic nitrogens is 2. The zero-order chi connectivity index (χ0) is 34.4. The van der Waals surface area contributed by atoms with Crippen molar-refractivity contribution < 1.29 is 0 Å². The molecule has 0 atom stereocenters. The summed E-state index contributed by atoms with van der Waals surface area (Å²) in [6.07, 6.45) is 0. The minimum atomic E-state index is 0.699. The smallest absolute Gasteiger partial charge is 0.160 e. The number of fused-ring (bicyclic) bond motifs is 5. The van der Waals surface area contributed by atoms with Gasteiger partial charge in [0.1, 0.15) is 0 Å². The van der Waals surface area contributed by atoms with E-state index in [-0.39, 0.29) is 0 Å². The van der Waals surface area contributed by atoms with Crippen LogP contribution in [0, 0.1) is 0 Å². The second-order valence-corrected chi connectivity index (χ2v) is 13.3. The van der Waals surface area contributed by atoms with Gasteiger partial charge in [0.05, 0.1) is 11.4 Å². The minimum absolute atomic E-state index is 0.699. The monoisotopic (exact) mass is 660 g/mol. The van der Waals surface area contributed by atoms with Gasteiger partial charge < -0.3 is 0 Å². The van der Waals surface area contributed by atoms with Gasteiger partial charge in [0.15, 0.2) is 5.82 Å². The first kappa shape index (κ1) is 30.0. The second kappa shape index (κ2) is 12.5. The zero-order valence-corrected chi connectivity index (χ0v) is 28.4. The molecule has 10 aromatic rings. The first-order valence-electron chi connectivity index (χ1n) is 17.7. The van der Waals surface area contributed by atoms with E-state index in [1.807, 2.05) is 6.07 Å². The molecule has 0 N–H and O–H groups in total. The van der Waals surface area contributed by atoms with Crippen molar-refractivity contribution >= 4 is 43.1 Å². The van der Waals surface area contributed by atoms with Crippen LogP contribution in [0.15, 0.2) is 194 Å². The van der Waals surface area contributed by atoms with E-state index in [4.69, 9.17) is 9.97 Å². The van der Waals surface area contributed by atoms with Gasteiger partial charge >= 0.3 is 0 Å². The average molecular weight is 661 g/mol. The van der Waals surface area contributed by atoms with E-state index in [0.717, 1.165) is 33.6 Å². The molecule has 242 valence electrons. The lowest BCUT2D eigenvalue weighted by Gasteiger charge is -2.15. The molecule has 2 nitrogen and oxygen atoms in total. The van der Waals surface area contributed by atoms with Crippen LogP contribution in [0.1, 0.15) is 0 Å². The highest BCUT2D eigenvalue weighted by Gasteiger charge is 2.17. The van der Waals surface area contributed by atoms with Gasteiger partial charge in [0.25, 0.3) is 0 Å². The fourth-order valence-electron chi connectivity index (χ4n) is 7.79. The van der Waals surface area contributed by atoms with Gasteiger partial charge in [0.2, 0.25) is 0 Å². The molecule has 10 rings (SSSR count). The summed E-state index contributed by atoms with van der Waals surface area (Å²) in [6, 6.07) is 69.2. The molecule has 0 radical (unpaired) electrons. The molecule has 1 aromatic heterocycles. The molecule has 52 heavy (non-hydrogen) atoms. The number of hydrogen-bond acceptors (Lipinski definition) is 2. The summed E-state index contributed by atoms with van der Waals surface area (Å²) in [5.41, 5.74) is 9.64. The van der Waals surface area contributed by atoms with Crippen molar-refractivity contribution in [3.63, 3.8) is 0 Å². The van der Waals surface area contributed by atoms with Crippen LogP contribution in [0.25, 0.3) is 99.2 Å².